The second-order valence-electron chi connectivity index (χ2n) is 5.49. The van der Waals surface area contributed by atoms with Gasteiger partial charge in [-0.15, -0.1) is 0 Å². The lowest BCUT2D eigenvalue weighted by Crippen LogP contribution is -2.49. The van der Waals surface area contributed by atoms with E-state index < -0.39 is 14.6 Å². The van der Waals surface area contributed by atoms with E-state index in [-0.39, 0.29) is 4.90 Å². The first kappa shape index (κ1) is 14.1. The molecule has 0 aliphatic heterocycles. The van der Waals surface area contributed by atoms with Crippen LogP contribution in [0.25, 0.3) is 0 Å². The van der Waals surface area contributed by atoms with Crippen molar-refractivity contribution in [3.8, 4) is 6.07 Å². The predicted octanol–water partition coefficient (Wildman–Crippen LogP) is 3.24. The van der Waals surface area contributed by atoms with E-state index in [1.54, 1.807) is 24.3 Å². The maximum absolute atomic E-state index is 12.6. The third-order valence-corrected chi connectivity index (χ3v) is 6.33. The molecule has 0 radical (unpaired) electrons. The Morgan fingerprint density at radius 3 is 2.37 bits per heavy atom. The number of hydrogen-bond acceptors (Lipinski definition) is 3. The fourth-order valence-electron chi connectivity index (χ4n) is 2.80. The van der Waals surface area contributed by atoms with E-state index in [1.807, 2.05) is 6.92 Å². The third kappa shape index (κ3) is 2.28. The molecule has 102 valence electrons. The molecule has 1 aliphatic carbocycles. The van der Waals surface area contributed by atoms with Crippen LogP contribution in [0.3, 0.4) is 0 Å². The van der Waals surface area contributed by atoms with Crippen molar-refractivity contribution in [1.82, 2.24) is 0 Å². The van der Waals surface area contributed by atoms with Gasteiger partial charge in [-0.1, -0.05) is 37.5 Å². The molecule has 1 aliphatic rings. The maximum atomic E-state index is 12.6. The second-order valence-corrected chi connectivity index (χ2v) is 7.75. The SMILES string of the molecule is CCCC1CC(C#N)(S(=O)(=O)c2ccc(C)cc2)C1. The average molecular weight is 277 g/mol. The van der Waals surface area contributed by atoms with Gasteiger partial charge in [-0.2, -0.15) is 5.26 Å². The van der Waals surface area contributed by atoms with Crippen LogP contribution >= 0.6 is 0 Å². The molecular formula is C15H19NO2S. The van der Waals surface area contributed by atoms with Gasteiger partial charge in [0.1, 0.15) is 0 Å². The van der Waals surface area contributed by atoms with E-state index in [0.717, 1.165) is 18.4 Å². The number of rotatable bonds is 4. The molecule has 0 amide bonds. The van der Waals surface area contributed by atoms with Crippen LogP contribution in [0.1, 0.15) is 38.2 Å². The molecule has 0 spiro atoms. The van der Waals surface area contributed by atoms with E-state index in [9.17, 15) is 13.7 Å². The summed E-state index contributed by atoms with van der Waals surface area (Å²) >= 11 is 0. The van der Waals surface area contributed by atoms with Crippen molar-refractivity contribution in [1.29, 1.82) is 5.26 Å². The molecule has 1 fully saturated rings. The maximum Gasteiger partial charge on any atom is 0.197 e. The molecule has 1 aromatic carbocycles. The summed E-state index contributed by atoms with van der Waals surface area (Å²) < 4.78 is 24.0. The lowest BCUT2D eigenvalue weighted by atomic mass is 9.73. The summed E-state index contributed by atoms with van der Waals surface area (Å²) in [5.41, 5.74) is 1.02. The van der Waals surface area contributed by atoms with Crippen LogP contribution in [0.15, 0.2) is 29.2 Å². The topological polar surface area (TPSA) is 57.9 Å². The summed E-state index contributed by atoms with van der Waals surface area (Å²) in [6.45, 7) is 4.00. The van der Waals surface area contributed by atoms with Crippen LogP contribution in [-0.4, -0.2) is 13.2 Å². The Morgan fingerprint density at radius 2 is 1.89 bits per heavy atom. The minimum Gasteiger partial charge on any atom is -0.222 e. The summed E-state index contributed by atoms with van der Waals surface area (Å²) in [5, 5.41) is 9.34. The molecule has 0 atom stereocenters. The van der Waals surface area contributed by atoms with Crippen LogP contribution in [0, 0.1) is 24.2 Å². The fourth-order valence-corrected chi connectivity index (χ4v) is 4.78. The van der Waals surface area contributed by atoms with Crippen molar-refractivity contribution in [2.75, 3.05) is 0 Å². The van der Waals surface area contributed by atoms with Crippen LogP contribution in [0.2, 0.25) is 0 Å². The molecule has 1 aromatic rings. The molecule has 2 rings (SSSR count). The summed E-state index contributed by atoms with van der Waals surface area (Å²) in [5.74, 6) is 0.380. The number of sulfone groups is 1. The van der Waals surface area contributed by atoms with Gasteiger partial charge in [-0.3, -0.25) is 0 Å². The smallest absolute Gasteiger partial charge is 0.197 e. The monoisotopic (exact) mass is 277 g/mol. The summed E-state index contributed by atoms with van der Waals surface area (Å²) in [6, 6.07) is 8.84. The van der Waals surface area contributed by atoms with Gasteiger partial charge in [-0.05, 0) is 37.8 Å². The molecule has 0 saturated heterocycles. The van der Waals surface area contributed by atoms with Crippen LogP contribution < -0.4 is 0 Å². The number of benzene rings is 1. The Morgan fingerprint density at radius 1 is 1.32 bits per heavy atom. The first-order chi connectivity index (χ1) is 8.95. The van der Waals surface area contributed by atoms with E-state index in [2.05, 4.69) is 13.0 Å². The minimum absolute atomic E-state index is 0.273. The quantitative estimate of drug-likeness (QED) is 0.849. The van der Waals surface area contributed by atoms with Gasteiger partial charge in [0.2, 0.25) is 0 Å². The van der Waals surface area contributed by atoms with Crippen molar-refractivity contribution in [3.05, 3.63) is 29.8 Å². The zero-order valence-corrected chi connectivity index (χ0v) is 12.2. The zero-order chi connectivity index (χ0) is 14.1. The molecular weight excluding hydrogens is 258 g/mol. The fraction of sp³-hybridized carbons (Fsp3) is 0.533. The average Bonchev–Trinajstić information content (AvgIpc) is 2.33. The van der Waals surface area contributed by atoms with Crippen molar-refractivity contribution >= 4 is 9.84 Å². The van der Waals surface area contributed by atoms with Gasteiger partial charge in [0, 0.05) is 0 Å². The van der Waals surface area contributed by atoms with Crippen molar-refractivity contribution in [2.24, 2.45) is 5.92 Å². The standard InChI is InChI=1S/C15H19NO2S/c1-3-4-13-9-15(10-13,11-16)19(17,18)14-7-5-12(2)6-8-14/h5-8,13H,3-4,9-10H2,1-2H3. The minimum atomic E-state index is -3.54. The van der Waals surface area contributed by atoms with Crippen LogP contribution in [0.5, 0.6) is 0 Å². The van der Waals surface area contributed by atoms with Gasteiger partial charge >= 0.3 is 0 Å². The van der Waals surface area contributed by atoms with Gasteiger partial charge in [-0.25, -0.2) is 8.42 Å². The van der Waals surface area contributed by atoms with Crippen LogP contribution in [0.4, 0.5) is 0 Å². The predicted molar refractivity (Wildman–Crippen MR) is 74.3 cm³/mol. The molecule has 0 heterocycles. The highest BCUT2D eigenvalue weighted by Crippen LogP contribution is 2.48. The van der Waals surface area contributed by atoms with E-state index in [1.165, 1.54) is 0 Å². The Bertz CT molecular complexity index is 590. The van der Waals surface area contributed by atoms with Crippen molar-refractivity contribution in [2.45, 2.75) is 49.2 Å². The van der Waals surface area contributed by atoms with Gasteiger partial charge in [0.25, 0.3) is 0 Å². The largest absolute Gasteiger partial charge is 0.222 e. The highest BCUT2D eigenvalue weighted by molar-refractivity contribution is 7.93. The van der Waals surface area contributed by atoms with Crippen LogP contribution in [-0.2, 0) is 9.84 Å². The normalized spacial score (nSPS) is 26.5. The molecule has 0 bridgehead atoms. The van der Waals surface area contributed by atoms with E-state index >= 15 is 0 Å². The first-order valence-corrected chi connectivity index (χ1v) is 8.16. The summed E-state index contributed by atoms with van der Waals surface area (Å²) in [6.07, 6.45) is 3.00. The van der Waals surface area contributed by atoms with Gasteiger partial charge in [0.15, 0.2) is 14.6 Å². The summed E-state index contributed by atoms with van der Waals surface area (Å²) in [4.78, 5) is 0.273. The Balaban J connectivity index is 2.29. The molecule has 1 saturated carbocycles. The van der Waals surface area contributed by atoms with E-state index in [0.29, 0.717) is 18.8 Å². The number of hydrogen-bond donors (Lipinski definition) is 0. The lowest BCUT2D eigenvalue weighted by Gasteiger charge is -2.41. The Labute approximate surface area is 115 Å². The number of nitriles is 1. The highest BCUT2D eigenvalue weighted by atomic mass is 32.2. The molecule has 3 nitrogen and oxygen atoms in total. The molecule has 0 unspecified atom stereocenters. The number of aryl methyl sites for hydroxylation is 1. The Kier molecular flexibility index (Phi) is 3.69. The Hall–Kier alpha value is -1.34. The molecule has 19 heavy (non-hydrogen) atoms. The van der Waals surface area contributed by atoms with Crippen molar-refractivity contribution in [3.63, 3.8) is 0 Å². The van der Waals surface area contributed by atoms with Gasteiger partial charge < -0.3 is 0 Å². The highest BCUT2D eigenvalue weighted by Gasteiger charge is 2.54. The molecule has 0 N–H and O–H groups in total. The van der Waals surface area contributed by atoms with Gasteiger partial charge in [0.05, 0.1) is 11.0 Å². The zero-order valence-electron chi connectivity index (χ0n) is 11.4. The lowest BCUT2D eigenvalue weighted by molar-refractivity contribution is 0.247. The first-order valence-electron chi connectivity index (χ1n) is 6.68. The van der Waals surface area contributed by atoms with E-state index in [4.69, 9.17) is 0 Å². The van der Waals surface area contributed by atoms with Crippen molar-refractivity contribution < 1.29 is 8.42 Å². The molecule has 0 aromatic heterocycles. The molecule has 4 heteroatoms. The second kappa shape index (κ2) is 4.97. The number of nitrogens with zero attached hydrogens (tertiary/aromatic N) is 1. The third-order valence-electron chi connectivity index (χ3n) is 3.98. The summed E-state index contributed by atoms with van der Waals surface area (Å²) in [7, 11) is -3.54.